The third-order valence-corrected chi connectivity index (χ3v) is 3.79. The molecule has 1 rings (SSSR count). The van der Waals surface area contributed by atoms with E-state index in [1.165, 1.54) is 0 Å². The number of amides is 3. The van der Waals surface area contributed by atoms with Crippen LogP contribution in [-0.2, 0) is 35.3 Å². The quantitative estimate of drug-likeness (QED) is 0.345. The van der Waals surface area contributed by atoms with Crippen LogP contribution in [0.2, 0.25) is 0 Å². The molecule has 10 heteroatoms. The van der Waals surface area contributed by atoms with Gasteiger partial charge in [-0.25, -0.2) is 4.79 Å². The van der Waals surface area contributed by atoms with Gasteiger partial charge in [-0.1, -0.05) is 30.3 Å². The maximum Gasteiger partial charge on any atom is 0.408 e. The monoisotopic (exact) mass is 435 g/mol. The molecule has 0 aromatic heterocycles. The minimum absolute atomic E-state index is 0.0221. The second kappa shape index (κ2) is 12.3. The largest absolute Gasteiger partial charge is 0.460 e. The number of carbonyl (C=O) groups is 5. The second-order valence-electron chi connectivity index (χ2n) is 7.81. The Kier molecular flexibility index (Phi) is 10.2. The molecule has 170 valence electrons. The summed E-state index contributed by atoms with van der Waals surface area (Å²) < 4.78 is 10.3. The number of hydrogen-bond acceptors (Lipinski definition) is 7. The Bertz CT molecular complexity index is 775. The smallest absolute Gasteiger partial charge is 0.408 e. The van der Waals surface area contributed by atoms with Gasteiger partial charge in [-0.2, -0.15) is 0 Å². The Morgan fingerprint density at radius 3 is 2.29 bits per heavy atom. The fourth-order valence-corrected chi connectivity index (χ4v) is 2.46. The van der Waals surface area contributed by atoms with Gasteiger partial charge in [0.2, 0.25) is 11.8 Å². The number of alkyl carbamates (subject to hydrolysis) is 1. The Morgan fingerprint density at radius 2 is 1.74 bits per heavy atom. The first-order valence-corrected chi connectivity index (χ1v) is 9.73. The highest BCUT2D eigenvalue weighted by molar-refractivity contribution is 5.89. The lowest BCUT2D eigenvalue weighted by Crippen LogP contribution is -2.51. The predicted molar refractivity (Wildman–Crippen MR) is 110 cm³/mol. The van der Waals surface area contributed by atoms with Crippen molar-refractivity contribution in [2.45, 2.75) is 64.3 Å². The lowest BCUT2D eigenvalue weighted by atomic mass is 10.1. The minimum Gasteiger partial charge on any atom is -0.460 e. The Hall–Kier alpha value is -3.43. The summed E-state index contributed by atoms with van der Waals surface area (Å²) >= 11 is 0. The fourth-order valence-electron chi connectivity index (χ4n) is 2.46. The number of esters is 1. The van der Waals surface area contributed by atoms with Crippen molar-refractivity contribution in [3.8, 4) is 0 Å². The van der Waals surface area contributed by atoms with Crippen molar-refractivity contribution in [1.29, 1.82) is 0 Å². The Balaban J connectivity index is 2.76. The summed E-state index contributed by atoms with van der Waals surface area (Å²) in [5.41, 5.74) is 5.09. The SMILES string of the molecule is CC(C)(C)OC(=O)CC[C@H](NC(=O)OCc1ccccc1)C(=O)N[C@H](C=O)CC(N)=O. The maximum atomic E-state index is 12.6. The molecule has 0 saturated heterocycles. The molecule has 0 aliphatic heterocycles. The topological polar surface area (TPSA) is 154 Å². The van der Waals surface area contributed by atoms with E-state index < -0.39 is 48.0 Å². The van der Waals surface area contributed by atoms with Gasteiger partial charge in [-0.3, -0.25) is 14.4 Å². The van der Waals surface area contributed by atoms with Crippen molar-refractivity contribution in [2.75, 3.05) is 0 Å². The molecule has 0 heterocycles. The molecule has 0 saturated carbocycles. The van der Waals surface area contributed by atoms with Gasteiger partial charge in [0.25, 0.3) is 0 Å². The summed E-state index contributed by atoms with van der Waals surface area (Å²) in [6.07, 6.45) is -1.20. The van der Waals surface area contributed by atoms with E-state index in [0.717, 1.165) is 5.56 Å². The fraction of sp³-hybridized carbons (Fsp3) is 0.476. The van der Waals surface area contributed by atoms with Gasteiger partial charge < -0.3 is 30.6 Å². The van der Waals surface area contributed by atoms with Gasteiger partial charge in [-0.05, 0) is 32.8 Å². The predicted octanol–water partition coefficient (Wildman–Crippen LogP) is 0.962. The molecule has 4 N–H and O–H groups in total. The van der Waals surface area contributed by atoms with Crippen LogP contribution in [0, 0.1) is 0 Å². The number of nitrogens with two attached hydrogens (primary N) is 1. The summed E-state index contributed by atoms with van der Waals surface area (Å²) in [5, 5.41) is 4.69. The van der Waals surface area contributed by atoms with Crippen molar-refractivity contribution in [1.82, 2.24) is 10.6 Å². The van der Waals surface area contributed by atoms with Crippen LogP contribution in [0.1, 0.15) is 45.6 Å². The summed E-state index contributed by atoms with van der Waals surface area (Å²) in [6, 6.07) is 6.55. The van der Waals surface area contributed by atoms with Crippen molar-refractivity contribution < 1.29 is 33.4 Å². The molecule has 10 nitrogen and oxygen atoms in total. The molecule has 0 unspecified atom stereocenters. The van der Waals surface area contributed by atoms with Crippen molar-refractivity contribution in [3.63, 3.8) is 0 Å². The molecule has 0 bridgehead atoms. The first-order chi connectivity index (χ1) is 14.5. The van der Waals surface area contributed by atoms with Crippen LogP contribution in [0.4, 0.5) is 4.79 Å². The lowest BCUT2D eigenvalue weighted by Gasteiger charge is -2.22. The van der Waals surface area contributed by atoms with Crippen LogP contribution in [0.5, 0.6) is 0 Å². The first-order valence-electron chi connectivity index (χ1n) is 9.73. The molecular weight excluding hydrogens is 406 g/mol. The molecule has 31 heavy (non-hydrogen) atoms. The van der Waals surface area contributed by atoms with E-state index in [9.17, 15) is 24.0 Å². The van der Waals surface area contributed by atoms with Crippen LogP contribution < -0.4 is 16.4 Å². The van der Waals surface area contributed by atoms with E-state index in [-0.39, 0.29) is 19.4 Å². The molecule has 0 aliphatic carbocycles. The third kappa shape index (κ3) is 11.4. The normalized spacial score (nSPS) is 12.7. The molecule has 0 fully saturated rings. The standard InChI is InChI=1S/C21H29N3O7/c1-21(2,3)31-18(27)10-9-16(19(28)23-15(12-25)11-17(22)26)24-20(29)30-13-14-7-5-4-6-8-14/h4-8,12,15-16H,9-11,13H2,1-3H3,(H2,22,26)(H,23,28)(H,24,29)/t15-,16-/m0/s1. The molecular formula is C21H29N3O7. The number of primary amides is 1. The van der Waals surface area contributed by atoms with E-state index in [1.54, 1.807) is 45.0 Å². The summed E-state index contributed by atoms with van der Waals surface area (Å²) in [5.74, 6) is -2.11. The zero-order chi connectivity index (χ0) is 23.4. The second-order valence-corrected chi connectivity index (χ2v) is 7.81. The molecule has 0 radical (unpaired) electrons. The number of ether oxygens (including phenoxy) is 2. The van der Waals surface area contributed by atoms with Gasteiger partial charge in [0.1, 0.15) is 24.5 Å². The van der Waals surface area contributed by atoms with Gasteiger partial charge >= 0.3 is 12.1 Å². The van der Waals surface area contributed by atoms with Gasteiger partial charge in [0.05, 0.1) is 12.5 Å². The minimum atomic E-state index is -1.20. The Labute approximate surface area is 180 Å². The zero-order valence-electron chi connectivity index (χ0n) is 17.9. The highest BCUT2D eigenvalue weighted by Gasteiger charge is 2.26. The van der Waals surface area contributed by atoms with E-state index >= 15 is 0 Å². The number of rotatable bonds is 11. The van der Waals surface area contributed by atoms with E-state index in [2.05, 4.69) is 10.6 Å². The number of carbonyl (C=O) groups excluding carboxylic acids is 5. The van der Waals surface area contributed by atoms with Crippen LogP contribution >= 0.6 is 0 Å². The molecule has 2 atom stereocenters. The maximum absolute atomic E-state index is 12.6. The van der Waals surface area contributed by atoms with Crippen LogP contribution in [0.25, 0.3) is 0 Å². The summed E-state index contributed by atoms with van der Waals surface area (Å²) in [7, 11) is 0. The van der Waals surface area contributed by atoms with Crippen LogP contribution in [0.3, 0.4) is 0 Å². The molecule has 1 aromatic carbocycles. The van der Waals surface area contributed by atoms with Gasteiger partial charge in [-0.15, -0.1) is 0 Å². The lowest BCUT2D eigenvalue weighted by molar-refractivity contribution is -0.155. The highest BCUT2D eigenvalue weighted by Crippen LogP contribution is 2.11. The number of hydrogen-bond donors (Lipinski definition) is 3. The molecule has 3 amide bonds. The van der Waals surface area contributed by atoms with Gasteiger partial charge in [0.15, 0.2) is 0 Å². The third-order valence-electron chi connectivity index (χ3n) is 3.79. The van der Waals surface area contributed by atoms with Crippen molar-refractivity contribution in [3.05, 3.63) is 35.9 Å². The molecule has 0 spiro atoms. The molecule has 0 aliphatic rings. The highest BCUT2D eigenvalue weighted by atomic mass is 16.6. The zero-order valence-corrected chi connectivity index (χ0v) is 17.9. The Morgan fingerprint density at radius 1 is 1.10 bits per heavy atom. The van der Waals surface area contributed by atoms with Crippen LogP contribution in [-0.4, -0.2) is 47.8 Å². The number of aldehydes is 1. The summed E-state index contributed by atoms with van der Waals surface area (Å²) in [6.45, 7) is 5.08. The number of benzene rings is 1. The van der Waals surface area contributed by atoms with Crippen molar-refractivity contribution >= 4 is 30.2 Å². The van der Waals surface area contributed by atoms with E-state index in [4.69, 9.17) is 15.2 Å². The average Bonchev–Trinajstić information content (AvgIpc) is 2.68. The van der Waals surface area contributed by atoms with Crippen molar-refractivity contribution in [2.24, 2.45) is 5.73 Å². The van der Waals surface area contributed by atoms with Crippen LogP contribution in [0.15, 0.2) is 30.3 Å². The number of nitrogens with one attached hydrogen (secondary N) is 2. The van der Waals surface area contributed by atoms with Gasteiger partial charge in [0, 0.05) is 6.42 Å². The first kappa shape index (κ1) is 25.6. The van der Waals surface area contributed by atoms with E-state index in [0.29, 0.717) is 6.29 Å². The average molecular weight is 435 g/mol. The summed E-state index contributed by atoms with van der Waals surface area (Å²) in [4.78, 5) is 58.8. The van der Waals surface area contributed by atoms with E-state index in [1.807, 2.05) is 6.07 Å². The molecule has 1 aromatic rings.